The topological polar surface area (TPSA) is 104 Å². The zero-order chi connectivity index (χ0) is 23.9. The van der Waals surface area contributed by atoms with Crippen LogP contribution >= 0.6 is 15.9 Å². The van der Waals surface area contributed by atoms with Crippen LogP contribution in [0.5, 0.6) is 5.75 Å². The normalized spacial score (nSPS) is 20.0. The van der Waals surface area contributed by atoms with E-state index in [4.69, 9.17) is 28.8 Å². The number of nitrogens with zero attached hydrogens (tertiary/aromatic N) is 1. The zero-order valence-electron chi connectivity index (χ0n) is 18.5. The average Bonchev–Trinajstić information content (AvgIpc) is 3.10. The number of hydrogen-bond acceptors (Lipinski definition) is 8. The lowest BCUT2D eigenvalue weighted by atomic mass is 10.1. The van der Waals surface area contributed by atoms with Gasteiger partial charge < -0.3 is 28.8 Å². The Hall–Kier alpha value is -2.34. The van der Waals surface area contributed by atoms with Crippen molar-refractivity contribution < 1.29 is 38.4 Å². The lowest BCUT2D eigenvalue weighted by molar-refractivity contribution is -0.230. The van der Waals surface area contributed by atoms with Crippen LogP contribution in [0.3, 0.4) is 0 Å². The molecular weight excluding hydrogens is 510 g/mol. The molecule has 0 aliphatic carbocycles. The van der Waals surface area contributed by atoms with Crippen molar-refractivity contribution in [3.05, 3.63) is 63.6 Å². The summed E-state index contributed by atoms with van der Waals surface area (Å²) < 4.78 is 29.2. The van der Waals surface area contributed by atoms with E-state index in [0.717, 1.165) is 10.0 Å². The summed E-state index contributed by atoms with van der Waals surface area (Å²) in [6.07, 6.45) is -0.895. The first-order valence-corrected chi connectivity index (χ1v) is 11.8. The number of aliphatic hydroxyl groups excluding tert-OH is 1. The molecule has 0 atom stereocenters. The van der Waals surface area contributed by atoms with Crippen molar-refractivity contribution in [1.82, 2.24) is 4.90 Å². The van der Waals surface area contributed by atoms with E-state index in [1.807, 2.05) is 18.2 Å². The first kappa shape index (κ1) is 24.8. The van der Waals surface area contributed by atoms with E-state index >= 15 is 0 Å². The van der Waals surface area contributed by atoms with Crippen LogP contribution in [0.1, 0.15) is 32.6 Å². The predicted molar refractivity (Wildman–Crippen MR) is 124 cm³/mol. The second-order valence-electron chi connectivity index (χ2n) is 7.67. The van der Waals surface area contributed by atoms with E-state index in [1.54, 1.807) is 24.3 Å². The highest BCUT2D eigenvalue weighted by molar-refractivity contribution is 9.10. The maximum Gasteiger partial charge on any atom is 0.261 e. The number of benzene rings is 2. The molecule has 0 radical (unpaired) electrons. The van der Waals surface area contributed by atoms with Gasteiger partial charge in [-0.05, 0) is 30.3 Å². The molecule has 0 bridgehead atoms. The van der Waals surface area contributed by atoms with Gasteiger partial charge >= 0.3 is 0 Å². The van der Waals surface area contributed by atoms with E-state index in [-0.39, 0.29) is 44.3 Å². The molecule has 0 aromatic heterocycles. The highest BCUT2D eigenvalue weighted by Gasteiger charge is 2.35. The lowest BCUT2D eigenvalue weighted by Gasteiger charge is -2.30. The molecule has 2 amide bonds. The minimum atomic E-state index is -0.584. The summed E-state index contributed by atoms with van der Waals surface area (Å²) in [6, 6.07) is 12.3. The SMILES string of the molecule is O=C1c2ccccc2C(=O)N1CCOC1COC(c2cc(OCCOCCO)ccc2Br)OC1. The van der Waals surface area contributed by atoms with Gasteiger partial charge in [0, 0.05) is 10.0 Å². The standard InChI is InChI=1S/C24H26BrNO8/c25-21-6-5-16(32-12-11-30-10-8-27)13-20(21)24-33-14-17(15-34-24)31-9-7-26-22(28)18-3-1-2-4-19(18)23(26)29/h1-6,13,17,24,27H,7-12,14-15H2. The quantitative estimate of drug-likeness (QED) is 0.346. The van der Waals surface area contributed by atoms with Crippen molar-refractivity contribution in [2.24, 2.45) is 0 Å². The number of amides is 2. The fourth-order valence-electron chi connectivity index (χ4n) is 3.69. The van der Waals surface area contributed by atoms with Crippen LogP contribution in [0.15, 0.2) is 46.9 Å². The van der Waals surface area contributed by atoms with Gasteiger partial charge in [-0.3, -0.25) is 14.5 Å². The van der Waals surface area contributed by atoms with Gasteiger partial charge in [0.05, 0.1) is 57.3 Å². The molecule has 4 rings (SSSR count). The second kappa shape index (κ2) is 11.9. The van der Waals surface area contributed by atoms with Crippen molar-refractivity contribution in [2.75, 3.05) is 52.8 Å². The fraction of sp³-hybridized carbons (Fsp3) is 0.417. The second-order valence-corrected chi connectivity index (χ2v) is 8.52. The largest absolute Gasteiger partial charge is 0.491 e. The van der Waals surface area contributed by atoms with Crippen LogP contribution in [0.25, 0.3) is 0 Å². The van der Waals surface area contributed by atoms with Gasteiger partial charge in [0.25, 0.3) is 11.8 Å². The van der Waals surface area contributed by atoms with Crippen molar-refractivity contribution in [3.8, 4) is 5.75 Å². The Bertz CT molecular complexity index is 973. The van der Waals surface area contributed by atoms with E-state index < -0.39 is 6.29 Å². The van der Waals surface area contributed by atoms with Crippen LogP contribution in [-0.2, 0) is 18.9 Å². The first-order valence-electron chi connectivity index (χ1n) is 11.0. The number of hydrogen-bond donors (Lipinski definition) is 1. The Morgan fingerprint density at radius 2 is 1.68 bits per heavy atom. The Kier molecular flexibility index (Phi) is 8.65. The highest BCUT2D eigenvalue weighted by Crippen LogP contribution is 2.33. The maximum absolute atomic E-state index is 12.4. The van der Waals surface area contributed by atoms with E-state index in [2.05, 4.69) is 15.9 Å². The summed E-state index contributed by atoms with van der Waals surface area (Å²) in [5.74, 6) is 0.0527. The van der Waals surface area contributed by atoms with Crippen molar-refractivity contribution in [3.63, 3.8) is 0 Å². The van der Waals surface area contributed by atoms with Crippen LogP contribution < -0.4 is 4.74 Å². The van der Waals surface area contributed by atoms with Gasteiger partial charge in [0.1, 0.15) is 18.5 Å². The first-order chi connectivity index (χ1) is 16.6. The van der Waals surface area contributed by atoms with E-state index in [1.165, 1.54) is 4.90 Å². The number of ether oxygens (including phenoxy) is 5. The summed E-state index contributed by atoms with van der Waals surface area (Å²) in [4.78, 5) is 26.1. The molecule has 2 heterocycles. The third-order valence-corrected chi connectivity index (χ3v) is 6.09. The third kappa shape index (κ3) is 5.83. The predicted octanol–water partition coefficient (Wildman–Crippen LogP) is 2.56. The zero-order valence-corrected chi connectivity index (χ0v) is 20.1. The summed E-state index contributed by atoms with van der Waals surface area (Å²) >= 11 is 3.52. The molecule has 2 aromatic rings. The highest BCUT2D eigenvalue weighted by atomic mass is 79.9. The molecule has 1 fully saturated rings. The van der Waals surface area contributed by atoms with Crippen LogP contribution in [0.4, 0.5) is 0 Å². The number of imide groups is 1. The molecular formula is C24H26BrNO8. The number of rotatable bonds is 11. The van der Waals surface area contributed by atoms with Gasteiger partial charge in [0.2, 0.25) is 0 Å². The van der Waals surface area contributed by atoms with Crippen LogP contribution in [0, 0.1) is 0 Å². The average molecular weight is 536 g/mol. The van der Waals surface area contributed by atoms with Gasteiger partial charge in [-0.2, -0.15) is 0 Å². The Balaban J connectivity index is 1.22. The van der Waals surface area contributed by atoms with Gasteiger partial charge in [-0.15, -0.1) is 0 Å². The van der Waals surface area contributed by atoms with E-state index in [9.17, 15) is 9.59 Å². The van der Waals surface area contributed by atoms with Gasteiger partial charge in [-0.1, -0.05) is 28.1 Å². The summed E-state index contributed by atoms with van der Waals surface area (Å²) in [5.41, 5.74) is 1.64. The Labute approximate surface area is 205 Å². The number of fused-ring (bicyclic) bond motifs is 1. The summed E-state index contributed by atoms with van der Waals surface area (Å²) in [6.45, 7) is 1.96. The molecule has 2 aliphatic heterocycles. The van der Waals surface area contributed by atoms with Crippen molar-refractivity contribution >= 4 is 27.7 Å². The van der Waals surface area contributed by atoms with Crippen molar-refractivity contribution in [1.29, 1.82) is 0 Å². The molecule has 10 heteroatoms. The van der Waals surface area contributed by atoms with Crippen LogP contribution in [0.2, 0.25) is 0 Å². The molecule has 1 N–H and O–H groups in total. The molecule has 2 aliphatic rings. The van der Waals surface area contributed by atoms with Gasteiger partial charge in [-0.25, -0.2) is 0 Å². The maximum atomic E-state index is 12.4. The smallest absolute Gasteiger partial charge is 0.261 e. The number of carbonyl (C=O) groups excluding carboxylic acids is 2. The molecule has 2 aromatic carbocycles. The summed E-state index contributed by atoms with van der Waals surface area (Å²) in [7, 11) is 0. The number of aliphatic hydroxyl groups is 1. The minimum Gasteiger partial charge on any atom is -0.491 e. The molecule has 1 saturated heterocycles. The number of halogens is 1. The lowest BCUT2D eigenvalue weighted by Crippen LogP contribution is -2.37. The minimum absolute atomic E-state index is 0.0216. The summed E-state index contributed by atoms with van der Waals surface area (Å²) in [5, 5.41) is 8.73. The van der Waals surface area contributed by atoms with Gasteiger partial charge in [0.15, 0.2) is 6.29 Å². The van der Waals surface area contributed by atoms with Crippen LogP contribution in [-0.4, -0.2) is 80.7 Å². The molecule has 0 saturated carbocycles. The molecule has 9 nitrogen and oxygen atoms in total. The molecule has 0 spiro atoms. The molecule has 0 unspecified atom stereocenters. The Morgan fingerprint density at radius 1 is 0.971 bits per heavy atom. The molecule has 34 heavy (non-hydrogen) atoms. The monoisotopic (exact) mass is 535 g/mol. The van der Waals surface area contributed by atoms with E-state index in [0.29, 0.717) is 43.3 Å². The Morgan fingerprint density at radius 3 is 2.35 bits per heavy atom. The fourth-order valence-corrected chi connectivity index (χ4v) is 4.13. The molecule has 182 valence electrons. The van der Waals surface area contributed by atoms with Crippen molar-refractivity contribution in [2.45, 2.75) is 12.4 Å². The third-order valence-electron chi connectivity index (χ3n) is 5.37. The number of carbonyl (C=O) groups is 2.